The third-order valence-corrected chi connectivity index (χ3v) is 4.58. The normalized spacial score (nSPS) is 12.4. The number of fused-ring (bicyclic) bond motifs is 1. The van der Waals surface area contributed by atoms with Crippen LogP contribution in [0.2, 0.25) is 0 Å². The number of nitrogens with one attached hydrogen (secondary N) is 1. The first-order valence-electron chi connectivity index (χ1n) is 10.4. The lowest BCUT2D eigenvalue weighted by Crippen LogP contribution is -2.33. The maximum absolute atomic E-state index is 12.5. The summed E-state index contributed by atoms with van der Waals surface area (Å²) in [7, 11) is 0. The van der Waals surface area contributed by atoms with Gasteiger partial charge in [-0.15, -0.1) is 0 Å². The lowest BCUT2D eigenvalue weighted by molar-refractivity contribution is -0.150. The molecule has 0 aliphatic carbocycles. The smallest absolute Gasteiger partial charge is 0.407 e. The number of carbonyl (C=O) groups is 2. The molecule has 1 unspecified atom stereocenters. The number of benzene rings is 2. The molecule has 3 rings (SSSR count). The second-order valence-electron chi connectivity index (χ2n) is 8.38. The number of ether oxygens (including phenoxy) is 2. The highest BCUT2D eigenvalue weighted by atomic mass is 16.6. The van der Waals surface area contributed by atoms with Crippen molar-refractivity contribution < 1.29 is 19.1 Å². The van der Waals surface area contributed by atoms with E-state index in [2.05, 4.69) is 10.3 Å². The van der Waals surface area contributed by atoms with E-state index < -0.39 is 17.8 Å². The van der Waals surface area contributed by atoms with Crippen LogP contribution >= 0.6 is 0 Å². The zero-order chi connectivity index (χ0) is 22.3. The van der Waals surface area contributed by atoms with Gasteiger partial charge in [-0.2, -0.15) is 0 Å². The van der Waals surface area contributed by atoms with Gasteiger partial charge < -0.3 is 19.4 Å². The van der Waals surface area contributed by atoms with Crippen molar-refractivity contribution in [3.8, 4) is 0 Å². The summed E-state index contributed by atoms with van der Waals surface area (Å²) < 4.78 is 12.9. The lowest BCUT2D eigenvalue weighted by atomic mass is 10.0. The first-order valence-corrected chi connectivity index (χ1v) is 10.4. The van der Waals surface area contributed by atoms with E-state index in [1.807, 2.05) is 53.2 Å². The third-order valence-electron chi connectivity index (χ3n) is 4.58. The van der Waals surface area contributed by atoms with Crippen LogP contribution in [0.4, 0.5) is 4.79 Å². The molecule has 0 saturated carbocycles. The van der Waals surface area contributed by atoms with Crippen LogP contribution < -0.4 is 5.32 Å². The SMILES string of the molecule is CC(C)(C)OC(=O)NCCCC(=O)OC(Cn1ccnc1)c1ccc2ccccc2c1. The number of hydrogen-bond acceptors (Lipinski definition) is 5. The van der Waals surface area contributed by atoms with E-state index in [4.69, 9.17) is 9.47 Å². The number of nitrogens with zero attached hydrogens (tertiary/aromatic N) is 2. The number of esters is 1. The number of imidazole rings is 1. The molecule has 0 bridgehead atoms. The summed E-state index contributed by atoms with van der Waals surface area (Å²) in [6.07, 6.45) is 4.97. The van der Waals surface area contributed by atoms with Crippen LogP contribution in [0.3, 0.4) is 0 Å². The minimum Gasteiger partial charge on any atom is -0.456 e. The zero-order valence-electron chi connectivity index (χ0n) is 18.2. The molecule has 0 radical (unpaired) electrons. The maximum Gasteiger partial charge on any atom is 0.407 e. The van der Waals surface area contributed by atoms with Crippen LogP contribution in [0.5, 0.6) is 0 Å². The number of rotatable bonds is 8. The molecule has 7 heteroatoms. The Kier molecular flexibility index (Phi) is 7.28. The molecule has 1 atom stereocenters. The summed E-state index contributed by atoms with van der Waals surface area (Å²) in [5, 5.41) is 4.88. The number of alkyl carbamates (subject to hydrolysis) is 1. The molecule has 0 aliphatic heterocycles. The number of hydrogen-bond donors (Lipinski definition) is 1. The molecule has 0 spiro atoms. The molecule has 2 aromatic carbocycles. The van der Waals surface area contributed by atoms with Gasteiger partial charge in [0, 0.05) is 25.4 Å². The summed E-state index contributed by atoms with van der Waals surface area (Å²) in [6, 6.07) is 14.1. The van der Waals surface area contributed by atoms with Crippen LogP contribution in [0, 0.1) is 0 Å². The van der Waals surface area contributed by atoms with Crippen molar-refractivity contribution in [2.45, 2.75) is 51.9 Å². The summed E-state index contributed by atoms with van der Waals surface area (Å²) in [5.41, 5.74) is 0.372. The van der Waals surface area contributed by atoms with Gasteiger partial charge in [-0.25, -0.2) is 9.78 Å². The Hall–Kier alpha value is -3.35. The van der Waals surface area contributed by atoms with E-state index in [0.717, 1.165) is 16.3 Å². The minimum absolute atomic E-state index is 0.198. The Bertz CT molecular complexity index is 1010. The molecular formula is C24H29N3O4. The molecule has 1 aromatic heterocycles. The van der Waals surface area contributed by atoms with Crippen LogP contribution in [0.25, 0.3) is 10.8 Å². The predicted octanol–water partition coefficient (Wildman–Crippen LogP) is 4.63. The number of amides is 1. The zero-order valence-corrected chi connectivity index (χ0v) is 18.2. The fourth-order valence-corrected chi connectivity index (χ4v) is 3.16. The van der Waals surface area contributed by atoms with Gasteiger partial charge in [0.25, 0.3) is 0 Å². The summed E-state index contributed by atoms with van der Waals surface area (Å²) in [4.78, 5) is 28.3. The molecule has 164 valence electrons. The molecule has 3 aromatic rings. The van der Waals surface area contributed by atoms with Crippen LogP contribution in [0.1, 0.15) is 45.3 Å². The fraction of sp³-hybridized carbons (Fsp3) is 0.375. The van der Waals surface area contributed by atoms with E-state index in [1.54, 1.807) is 33.3 Å². The Morgan fingerprint density at radius 1 is 1.13 bits per heavy atom. The van der Waals surface area contributed by atoms with Crippen LogP contribution in [-0.2, 0) is 20.8 Å². The average molecular weight is 424 g/mol. The van der Waals surface area contributed by atoms with Gasteiger partial charge in [0.05, 0.1) is 12.9 Å². The van der Waals surface area contributed by atoms with Crippen molar-refractivity contribution in [3.05, 3.63) is 66.7 Å². The molecule has 7 nitrogen and oxygen atoms in total. The largest absolute Gasteiger partial charge is 0.456 e. The Morgan fingerprint density at radius 3 is 2.61 bits per heavy atom. The lowest BCUT2D eigenvalue weighted by Gasteiger charge is -2.20. The van der Waals surface area contributed by atoms with Gasteiger partial charge in [0.2, 0.25) is 0 Å². The van der Waals surface area contributed by atoms with Crippen molar-refractivity contribution in [2.75, 3.05) is 6.54 Å². The number of carbonyl (C=O) groups excluding carboxylic acids is 2. The van der Waals surface area contributed by atoms with Crippen molar-refractivity contribution >= 4 is 22.8 Å². The molecule has 1 N–H and O–H groups in total. The standard InChI is InChI=1S/C24H29N3O4/c1-24(2,3)31-23(29)26-12-6-9-22(28)30-21(16-27-14-13-25-17-27)20-11-10-18-7-4-5-8-19(18)15-20/h4-5,7-8,10-11,13-15,17,21H,6,9,12,16H2,1-3H3,(H,26,29). The maximum atomic E-state index is 12.5. The highest BCUT2D eigenvalue weighted by Gasteiger charge is 2.19. The van der Waals surface area contributed by atoms with E-state index in [1.165, 1.54) is 0 Å². The van der Waals surface area contributed by atoms with E-state index >= 15 is 0 Å². The first kappa shape index (κ1) is 22.3. The van der Waals surface area contributed by atoms with Gasteiger partial charge in [0.15, 0.2) is 0 Å². The second-order valence-corrected chi connectivity index (χ2v) is 8.38. The Morgan fingerprint density at radius 2 is 1.90 bits per heavy atom. The average Bonchev–Trinajstić information content (AvgIpc) is 3.22. The minimum atomic E-state index is -0.552. The van der Waals surface area contributed by atoms with Gasteiger partial charge in [-0.1, -0.05) is 36.4 Å². The van der Waals surface area contributed by atoms with Crippen molar-refractivity contribution in [3.63, 3.8) is 0 Å². The van der Waals surface area contributed by atoms with E-state index in [0.29, 0.717) is 19.5 Å². The Balaban J connectivity index is 1.59. The molecule has 0 aliphatic rings. The Labute approximate surface area is 182 Å². The second kappa shape index (κ2) is 10.1. The molecule has 31 heavy (non-hydrogen) atoms. The van der Waals surface area contributed by atoms with Crippen molar-refractivity contribution in [1.82, 2.24) is 14.9 Å². The molecule has 0 fully saturated rings. The molecule has 1 amide bonds. The molecule has 1 heterocycles. The summed E-state index contributed by atoms with van der Waals surface area (Å²) >= 11 is 0. The monoisotopic (exact) mass is 423 g/mol. The topological polar surface area (TPSA) is 82.5 Å². The van der Waals surface area contributed by atoms with Gasteiger partial charge in [-0.3, -0.25) is 4.79 Å². The van der Waals surface area contributed by atoms with E-state index in [9.17, 15) is 9.59 Å². The van der Waals surface area contributed by atoms with Crippen molar-refractivity contribution in [1.29, 1.82) is 0 Å². The molecule has 0 saturated heterocycles. The fourth-order valence-electron chi connectivity index (χ4n) is 3.16. The summed E-state index contributed by atoms with van der Waals surface area (Å²) in [6.45, 7) is 6.22. The number of aromatic nitrogens is 2. The first-order chi connectivity index (χ1) is 14.8. The molecular weight excluding hydrogens is 394 g/mol. The third kappa shape index (κ3) is 7.13. The van der Waals surface area contributed by atoms with E-state index in [-0.39, 0.29) is 12.4 Å². The highest BCUT2D eigenvalue weighted by Crippen LogP contribution is 2.25. The van der Waals surface area contributed by atoms with Crippen molar-refractivity contribution in [2.24, 2.45) is 0 Å². The van der Waals surface area contributed by atoms with Crippen LogP contribution in [-0.4, -0.2) is 33.8 Å². The van der Waals surface area contributed by atoms with Gasteiger partial charge in [0.1, 0.15) is 11.7 Å². The van der Waals surface area contributed by atoms with Crippen LogP contribution in [0.15, 0.2) is 61.2 Å². The summed E-state index contributed by atoms with van der Waals surface area (Å²) in [5.74, 6) is -0.315. The quantitative estimate of drug-likeness (QED) is 0.422. The predicted molar refractivity (Wildman–Crippen MR) is 118 cm³/mol. The van der Waals surface area contributed by atoms with Gasteiger partial charge in [-0.05, 0) is 49.6 Å². The van der Waals surface area contributed by atoms with Gasteiger partial charge >= 0.3 is 12.1 Å². The highest BCUT2D eigenvalue weighted by molar-refractivity contribution is 5.83.